The number of hydrogen-bond acceptors (Lipinski definition) is 4. The van der Waals surface area contributed by atoms with E-state index in [1.165, 1.54) is 12.2 Å². The van der Waals surface area contributed by atoms with Crippen molar-refractivity contribution >= 4 is 17.7 Å². The van der Waals surface area contributed by atoms with Gasteiger partial charge in [-0.3, -0.25) is 4.99 Å². The van der Waals surface area contributed by atoms with E-state index in [1.807, 2.05) is 23.9 Å². The van der Waals surface area contributed by atoms with Crippen LogP contribution in [0.5, 0.6) is 0 Å². The first kappa shape index (κ1) is 18.6. The second-order valence-electron chi connectivity index (χ2n) is 7.51. The highest BCUT2D eigenvalue weighted by atomic mass is 32.2. The maximum Gasteiger partial charge on any atom is 0.191 e. The molecular formula is C19H31N3O2S. The predicted octanol–water partition coefficient (Wildman–Crippen LogP) is 3.07. The van der Waals surface area contributed by atoms with Crippen LogP contribution in [0.2, 0.25) is 0 Å². The van der Waals surface area contributed by atoms with Crippen LogP contribution in [-0.2, 0) is 11.2 Å². The second-order valence-corrected chi connectivity index (χ2v) is 8.61. The first-order valence-electron chi connectivity index (χ1n) is 9.44. The van der Waals surface area contributed by atoms with Crippen LogP contribution in [0.1, 0.15) is 38.9 Å². The topological polar surface area (TPSA) is 58.8 Å². The Morgan fingerprint density at radius 2 is 2.40 bits per heavy atom. The minimum atomic E-state index is 0.0951. The van der Waals surface area contributed by atoms with Crippen molar-refractivity contribution in [3.63, 3.8) is 0 Å². The summed E-state index contributed by atoms with van der Waals surface area (Å²) in [5, 5.41) is 7.13. The zero-order valence-corrected chi connectivity index (χ0v) is 16.2. The van der Waals surface area contributed by atoms with E-state index >= 15 is 0 Å². The lowest BCUT2D eigenvalue weighted by molar-refractivity contribution is -0.0679. The Morgan fingerprint density at radius 1 is 1.48 bits per heavy atom. The number of nitrogens with zero attached hydrogens (tertiary/aromatic N) is 1. The van der Waals surface area contributed by atoms with Gasteiger partial charge in [-0.25, -0.2) is 0 Å². The molecule has 3 heterocycles. The average molecular weight is 366 g/mol. The molecule has 1 aromatic rings. The quantitative estimate of drug-likeness (QED) is 0.599. The van der Waals surface area contributed by atoms with E-state index in [0.29, 0.717) is 12.0 Å². The lowest BCUT2D eigenvalue weighted by atomic mass is 9.90. The van der Waals surface area contributed by atoms with Crippen molar-refractivity contribution in [2.24, 2.45) is 10.9 Å². The summed E-state index contributed by atoms with van der Waals surface area (Å²) in [4.78, 5) is 4.77. The van der Waals surface area contributed by atoms with Crippen LogP contribution in [0.15, 0.2) is 27.8 Å². The Kier molecular flexibility index (Phi) is 6.70. The highest BCUT2D eigenvalue weighted by Crippen LogP contribution is 2.38. The molecule has 2 aliphatic heterocycles. The molecule has 2 saturated heterocycles. The summed E-state index contributed by atoms with van der Waals surface area (Å²) in [6, 6.07) is 4.39. The zero-order valence-electron chi connectivity index (χ0n) is 15.4. The van der Waals surface area contributed by atoms with Crippen molar-refractivity contribution in [2.75, 3.05) is 31.2 Å². The van der Waals surface area contributed by atoms with Gasteiger partial charge in [-0.2, -0.15) is 11.8 Å². The fourth-order valence-corrected chi connectivity index (χ4v) is 4.77. The summed E-state index contributed by atoms with van der Waals surface area (Å²) in [6.07, 6.45) is 5.90. The fraction of sp³-hybridized carbons (Fsp3) is 0.737. The van der Waals surface area contributed by atoms with Gasteiger partial charge in [0.15, 0.2) is 5.96 Å². The van der Waals surface area contributed by atoms with Crippen LogP contribution in [0.25, 0.3) is 0 Å². The minimum absolute atomic E-state index is 0.0951. The molecule has 1 aromatic heterocycles. The molecule has 5 nitrogen and oxygen atoms in total. The molecule has 2 unspecified atom stereocenters. The van der Waals surface area contributed by atoms with Crippen LogP contribution < -0.4 is 10.6 Å². The standard InChI is InChI=1S/C19H31N3O2S/c1-15(2)13-21-18(20-8-5-17-4-3-9-23-17)22-16-6-10-24-19(12-16)7-11-25-14-19/h3-4,9,15-16H,5-8,10-14H2,1-2H3,(H2,20,21,22). The first-order valence-corrected chi connectivity index (χ1v) is 10.6. The Morgan fingerprint density at radius 3 is 3.12 bits per heavy atom. The van der Waals surface area contributed by atoms with Gasteiger partial charge in [-0.15, -0.1) is 0 Å². The van der Waals surface area contributed by atoms with Gasteiger partial charge < -0.3 is 19.8 Å². The van der Waals surface area contributed by atoms with Gasteiger partial charge in [0.1, 0.15) is 5.76 Å². The van der Waals surface area contributed by atoms with Crippen molar-refractivity contribution in [3.05, 3.63) is 24.2 Å². The van der Waals surface area contributed by atoms with Gasteiger partial charge in [0.2, 0.25) is 0 Å². The number of furan rings is 1. The summed E-state index contributed by atoms with van der Waals surface area (Å²) in [5.74, 6) is 4.84. The van der Waals surface area contributed by atoms with Gasteiger partial charge in [0.05, 0.1) is 11.9 Å². The number of guanidine groups is 1. The third-order valence-electron chi connectivity index (χ3n) is 4.76. The highest BCUT2D eigenvalue weighted by molar-refractivity contribution is 7.99. The van der Waals surface area contributed by atoms with Crippen molar-refractivity contribution in [1.29, 1.82) is 0 Å². The summed E-state index contributed by atoms with van der Waals surface area (Å²) >= 11 is 2.02. The second kappa shape index (κ2) is 8.99. The highest BCUT2D eigenvalue weighted by Gasteiger charge is 2.40. The van der Waals surface area contributed by atoms with Crippen LogP contribution in [-0.4, -0.2) is 48.8 Å². The van der Waals surface area contributed by atoms with E-state index in [9.17, 15) is 0 Å². The number of hydrogen-bond donors (Lipinski definition) is 2. The van der Waals surface area contributed by atoms with E-state index in [4.69, 9.17) is 14.1 Å². The molecule has 0 amide bonds. The fourth-order valence-electron chi connectivity index (χ4n) is 3.39. The average Bonchev–Trinajstić information content (AvgIpc) is 3.25. The summed E-state index contributed by atoms with van der Waals surface area (Å²) in [6.45, 7) is 6.90. The lowest BCUT2D eigenvalue weighted by Crippen LogP contribution is -2.51. The third-order valence-corrected chi connectivity index (χ3v) is 5.98. The van der Waals surface area contributed by atoms with Gasteiger partial charge in [0, 0.05) is 37.9 Å². The number of rotatable bonds is 6. The molecule has 1 spiro atoms. The van der Waals surface area contributed by atoms with Gasteiger partial charge in [-0.1, -0.05) is 13.8 Å². The van der Waals surface area contributed by atoms with E-state index in [1.54, 1.807) is 6.26 Å². The molecule has 0 saturated carbocycles. The van der Waals surface area contributed by atoms with Crippen molar-refractivity contribution in [1.82, 2.24) is 10.6 Å². The monoisotopic (exact) mass is 365 g/mol. The molecule has 6 heteroatoms. The molecule has 2 N–H and O–H groups in total. The van der Waals surface area contributed by atoms with Crippen molar-refractivity contribution < 1.29 is 9.15 Å². The molecule has 0 radical (unpaired) electrons. The zero-order chi connectivity index (χ0) is 17.5. The molecule has 0 aliphatic carbocycles. The molecule has 0 aromatic carbocycles. The molecule has 0 bridgehead atoms. The summed E-state index contributed by atoms with van der Waals surface area (Å²) in [5.41, 5.74) is 0.0951. The van der Waals surface area contributed by atoms with Gasteiger partial charge >= 0.3 is 0 Å². The largest absolute Gasteiger partial charge is 0.469 e. The normalized spacial score (nSPS) is 27.2. The Hall–Kier alpha value is -1.14. The van der Waals surface area contributed by atoms with Crippen molar-refractivity contribution in [3.8, 4) is 0 Å². The van der Waals surface area contributed by atoms with Crippen LogP contribution in [0.4, 0.5) is 0 Å². The smallest absolute Gasteiger partial charge is 0.191 e. The lowest BCUT2D eigenvalue weighted by Gasteiger charge is -2.38. The van der Waals surface area contributed by atoms with Crippen LogP contribution in [0.3, 0.4) is 0 Å². The molecule has 2 aliphatic rings. The first-order chi connectivity index (χ1) is 12.2. The van der Waals surface area contributed by atoms with E-state index in [-0.39, 0.29) is 5.60 Å². The Bertz CT molecular complexity index is 539. The molecule has 2 fully saturated rings. The number of aliphatic imine (C=N–C) groups is 1. The maximum atomic E-state index is 6.13. The van der Waals surface area contributed by atoms with E-state index in [2.05, 4.69) is 24.5 Å². The maximum absolute atomic E-state index is 6.13. The van der Waals surface area contributed by atoms with Crippen LogP contribution >= 0.6 is 11.8 Å². The van der Waals surface area contributed by atoms with Crippen molar-refractivity contribution in [2.45, 2.75) is 51.2 Å². The minimum Gasteiger partial charge on any atom is -0.469 e. The molecule has 2 atom stereocenters. The summed E-state index contributed by atoms with van der Waals surface area (Å²) < 4.78 is 11.5. The molecule has 25 heavy (non-hydrogen) atoms. The van der Waals surface area contributed by atoms with E-state index < -0.39 is 0 Å². The Balaban J connectivity index is 1.53. The molecule has 3 rings (SSSR count). The predicted molar refractivity (Wildman–Crippen MR) is 104 cm³/mol. The van der Waals surface area contributed by atoms with E-state index in [0.717, 1.165) is 56.4 Å². The molecule has 140 valence electrons. The third kappa shape index (κ3) is 5.68. The van der Waals surface area contributed by atoms with Crippen LogP contribution in [0, 0.1) is 5.92 Å². The number of nitrogens with one attached hydrogen (secondary N) is 2. The summed E-state index contributed by atoms with van der Waals surface area (Å²) in [7, 11) is 0. The molecular weight excluding hydrogens is 334 g/mol. The van der Waals surface area contributed by atoms with Gasteiger partial charge in [0.25, 0.3) is 0 Å². The SMILES string of the molecule is CC(C)CN=C(NCCc1ccco1)NC1CCOC2(CCSC2)C1. The number of thioether (sulfide) groups is 1. The van der Waals surface area contributed by atoms with Gasteiger partial charge in [-0.05, 0) is 43.1 Å². The number of ether oxygens (including phenoxy) is 1. The Labute approximate surface area is 155 Å².